The maximum absolute atomic E-state index is 12.7. The number of fused-ring (bicyclic) bond motifs is 1. The number of ether oxygens (including phenoxy) is 2. The molecular weight excluding hydrogens is 547 g/mol. The van der Waals surface area contributed by atoms with Crippen molar-refractivity contribution in [1.82, 2.24) is 10.6 Å². The molecular formula is C28H30F3N3O7. The van der Waals surface area contributed by atoms with E-state index in [1.54, 1.807) is 0 Å². The molecule has 0 spiro atoms. The van der Waals surface area contributed by atoms with Crippen LogP contribution in [0.1, 0.15) is 17.5 Å². The lowest BCUT2D eigenvalue weighted by Gasteiger charge is -2.20. The fourth-order valence-electron chi connectivity index (χ4n) is 3.45. The van der Waals surface area contributed by atoms with Crippen molar-refractivity contribution in [3.63, 3.8) is 0 Å². The molecule has 0 aromatic heterocycles. The first-order valence-electron chi connectivity index (χ1n) is 12.2. The van der Waals surface area contributed by atoms with Crippen molar-refractivity contribution < 1.29 is 46.9 Å². The van der Waals surface area contributed by atoms with Crippen molar-refractivity contribution in [2.75, 3.05) is 13.7 Å². The minimum atomic E-state index is -5.08. The van der Waals surface area contributed by atoms with E-state index in [-0.39, 0.29) is 26.2 Å². The fraction of sp³-hybridized carbons (Fsp3) is 0.286. The Kier molecular flexibility index (Phi) is 12.7. The van der Waals surface area contributed by atoms with Gasteiger partial charge in [0, 0.05) is 13.7 Å². The van der Waals surface area contributed by atoms with Crippen molar-refractivity contribution in [2.45, 2.75) is 37.8 Å². The molecule has 0 radical (unpaired) electrons. The van der Waals surface area contributed by atoms with Crippen LogP contribution in [0, 0.1) is 0 Å². The Hall–Kier alpha value is -4.49. The molecule has 0 aliphatic heterocycles. The van der Waals surface area contributed by atoms with Gasteiger partial charge in [0.15, 0.2) is 0 Å². The molecule has 0 aliphatic carbocycles. The normalized spacial score (nSPS) is 12.3. The predicted octanol–water partition coefficient (Wildman–Crippen LogP) is 2.68. The van der Waals surface area contributed by atoms with Crippen molar-refractivity contribution in [3.05, 3.63) is 83.9 Å². The van der Waals surface area contributed by atoms with Gasteiger partial charge in [-0.1, -0.05) is 72.8 Å². The summed E-state index contributed by atoms with van der Waals surface area (Å²) in [4.78, 5) is 46.2. The number of hydrogen-bond donors (Lipinski definition) is 4. The van der Waals surface area contributed by atoms with Gasteiger partial charge in [-0.2, -0.15) is 13.2 Å². The van der Waals surface area contributed by atoms with Crippen molar-refractivity contribution in [1.29, 1.82) is 0 Å². The van der Waals surface area contributed by atoms with Gasteiger partial charge in [-0.3, -0.25) is 14.4 Å². The third-order valence-electron chi connectivity index (χ3n) is 5.51. The van der Waals surface area contributed by atoms with Crippen LogP contribution in [0.3, 0.4) is 0 Å². The average Bonchev–Trinajstić information content (AvgIpc) is 2.94. The summed E-state index contributed by atoms with van der Waals surface area (Å²) in [5.41, 5.74) is 7.65. The smallest absolute Gasteiger partial charge is 0.475 e. The van der Waals surface area contributed by atoms with Gasteiger partial charge in [0.25, 0.3) is 0 Å². The Bertz CT molecular complexity index is 1310. The first-order chi connectivity index (χ1) is 19.4. The van der Waals surface area contributed by atoms with Gasteiger partial charge in [-0.15, -0.1) is 0 Å². The maximum atomic E-state index is 12.7. The summed E-state index contributed by atoms with van der Waals surface area (Å²) >= 11 is 0. The molecule has 13 heteroatoms. The van der Waals surface area contributed by atoms with Gasteiger partial charge < -0.3 is 30.9 Å². The van der Waals surface area contributed by atoms with E-state index in [1.165, 1.54) is 7.11 Å². The van der Waals surface area contributed by atoms with E-state index >= 15 is 0 Å². The van der Waals surface area contributed by atoms with Gasteiger partial charge in [-0.05, 0) is 21.9 Å². The number of esters is 1. The van der Waals surface area contributed by atoms with E-state index in [1.807, 2.05) is 72.8 Å². The molecule has 0 unspecified atom stereocenters. The van der Waals surface area contributed by atoms with Gasteiger partial charge >= 0.3 is 18.1 Å². The van der Waals surface area contributed by atoms with E-state index in [9.17, 15) is 27.6 Å². The molecule has 0 saturated carbocycles. The molecule has 3 rings (SSSR count). The summed E-state index contributed by atoms with van der Waals surface area (Å²) < 4.78 is 42.0. The van der Waals surface area contributed by atoms with Crippen LogP contribution in [0.5, 0.6) is 0 Å². The molecule has 0 fully saturated rings. The zero-order chi connectivity index (χ0) is 30.4. The summed E-state index contributed by atoms with van der Waals surface area (Å²) in [6, 6.07) is 20.8. The molecule has 3 aromatic carbocycles. The Labute approximate surface area is 233 Å². The predicted molar refractivity (Wildman–Crippen MR) is 142 cm³/mol. The first-order valence-corrected chi connectivity index (χ1v) is 12.2. The standard InChI is InChI=1S/C26H29N3O5.C2HF3O2/c1-33-17-23(26(32)28-15-20-12-7-11-19-10-5-6-13-21(19)20)29-25(31)22(27)14-24(30)34-16-18-8-3-2-4-9-18;3-2(4,5)1(6)7/h2-13,22-23H,14-17,27H2,1H3,(H,28,32)(H,29,31);(H,6,7)/t22-,23-;/m0./s1. The van der Waals surface area contributed by atoms with Gasteiger partial charge in [0.1, 0.15) is 12.6 Å². The lowest BCUT2D eigenvalue weighted by atomic mass is 10.0. The lowest BCUT2D eigenvalue weighted by Crippen LogP contribution is -2.53. The average molecular weight is 578 g/mol. The largest absolute Gasteiger partial charge is 0.490 e. The second-order valence-electron chi connectivity index (χ2n) is 8.63. The van der Waals surface area contributed by atoms with Crippen LogP contribution in [0.4, 0.5) is 13.2 Å². The summed E-state index contributed by atoms with van der Waals surface area (Å²) in [6.45, 7) is 0.337. The van der Waals surface area contributed by atoms with Gasteiger partial charge in [0.05, 0.1) is 19.1 Å². The Morgan fingerprint density at radius 3 is 2.17 bits per heavy atom. The van der Waals surface area contributed by atoms with Crippen LogP contribution in [0.2, 0.25) is 0 Å². The number of carboxylic acids is 1. The van der Waals surface area contributed by atoms with E-state index in [0.717, 1.165) is 21.9 Å². The van der Waals surface area contributed by atoms with Crippen LogP contribution >= 0.6 is 0 Å². The number of halogens is 3. The highest BCUT2D eigenvalue weighted by molar-refractivity contribution is 5.92. The fourth-order valence-corrected chi connectivity index (χ4v) is 3.45. The topological polar surface area (TPSA) is 157 Å². The number of aliphatic carboxylic acids is 1. The number of alkyl halides is 3. The molecule has 10 nitrogen and oxygen atoms in total. The minimum absolute atomic E-state index is 0.0434. The zero-order valence-corrected chi connectivity index (χ0v) is 22.0. The third-order valence-corrected chi connectivity index (χ3v) is 5.51. The number of carbonyl (C=O) groups is 4. The number of carbonyl (C=O) groups excluding carboxylic acids is 3. The van der Waals surface area contributed by atoms with Crippen molar-refractivity contribution >= 4 is 34.5 Å². The summed E-state index contributed by atoms with van der Waals surface area (Å²) in [6.07, 6.45) is -5.39. The minimum Gasteiger partial charge on any atom is -0.475 e. The number of nitrogens with two attached hydrogens (primary N) is 1. The zero-order valence-electron chi connectivity index (χ0n) is 22.0. The Morgan fingerprint density at radius 2 is 1.54 bits per heavy atom. The van der Waals surface area contributed by atoms with E-state index in [2.05, 4.69) is 10.6 Å². The van der Waals surface area contributed by atoms with Crippen LogP contribution in [0.25, 0.3) is 10.8 Å². The molecule has 0 saturated heterocycles. The highest BCUT2D eigenvalue weighted by Gasteiger charge is 2.38. The third kappa shape index (κ3) is 11.3. The molecule has 0 heterocycles. The van der Waals surface area contributed by atoms with Gasteiger partial charge in [-0.25, -0.2) is 4.79 Å². The number of nitrogens with one attached hydrogen (secondary N) is 2. The van der Waals surface area contributed by atoms with E-state index in [0.29, 0.717) is 0 Å². The lowest BCUT2D eigenvalue weighted by molar-refractivity contribution is -0.192. The van der Waals surface area contributed by atoms with E-state index < -0.39 is 42.0 Å². The van der Waals surface area contributed by atoms with Crippen molar-refractivity contribution in [3.8, 4) is 0 Å². The highest BCUT2D eigenvalue weighted by atomic mass is 19.4. The van der Waals surface area contributed by atoms with Crippen LogP contribution in [0.15, 0.2) is 72.8 Å². The van der Waals surface area contributed by atoms with Crippen LogP contribution in [-0.4, -0.2) is 60.8 Å². The monoisotopic (exact) mass is 577 g/mol. The molecule has 0 aliphatic rings. The molecule has 41 heavy (non-hydrogen) atoms. The second kappa shape index (κ2) is 15.9. The quantitative estimate of drug-likeness (QED) is 0.254. The summed E-state index contributed by atoms with van der Waals surface area (Å²) in [5, 5.41) is 14.6. The highest BCUT2D eigenvalue weighted by Crippen LogP contribution is 2.18. The van der Waals surface area contributed by atoms with Crippen LogP contribution in [-0.2, 0) is 41.8 Å². The molecule has 5 N–H and O–H groups in total. The molecule has 2 amide bonds. The maximum Gasteiger partial charge on any atom is 0.490 e. The van der Waals surface area contributed by atoms with Crippen molar-refractivity contribution in [2.24, 2.45) is 5.73 Å². The SMILES string of the molecule is COC[C@H](NC(=O)[C@@H](N)CC(=O)OCc1ccccc1)C(=O)NCc1cccc2ccccc12.O=C(O)C(F)(F)F. The number of carboxylic acid groups (broad SMARTS) is 1. The van der Waals surface area contributed by atoms with E-state index in [4.69, 9.17) is 25.1 Å². The summed E-state index contributed by atoms with van der Waals surface area (Å²) in [7, 11) is 1.43. The second-order valence-corrected chi connectivity index (χ2v) is 8.63. The van der Waals surface area contributed by atoms with Crippen LogP contribution < -0.4 is 16.4 Å². The molecule has 3 aromatic rings. The molecule has 220 valence electrons. The Morgan fingerprint density at radius 1 is 0.927 bits per heavy atom. The number of hydrogen-bond acceptors (Lipinski definition) is 7. The summed E-state index contributed by atoms with van der Waals surface area (Å²) in [5.74, 6) is -4.41. The number of benzene rings is 3. The molecule has 2 atom stereocenters. The number of amides is 2. The molecule has 0 bridgehead atoms. The van der Waals surface area contributed by atoms with Gasteiger partial charge in [0.2, 0.25) is 11.8 Å². The number of rotatable bonds is 11. The Balaban J connectivity index is 0.000000745. The first kappa shape index (κ1) is 32.7. The number of methoxy groups -OCH3 is 1.